The highest BCUT2D eigenvalue weighted by molar-refractivity contribution is 9.10. The zero-order valence-corrected chi connectivity index (χ0v) is 10.8. The van der Waals surface area contributed by atoms with Gasteiger partial charge in [0, 0.05) is 11.1 Å². The van der Waals surface area contributed by atoms with Gasteiger partial charge in [0.05, 0.1) is 4.47 Å². The average Bonchev–Trinajstić information content (AvgIpc) is 2.41. The van der Waals surface area contributed by atoms with E-state index in [0.717, 1.165) is 6.07 Å². The number of carbonyl (C=O) groups excluding carboxylic acids is 2. The molecule has 0 atom stereocenters. The fourth-order valence-corrected chi connectivity index (χ4v) is 1.87. The van der Waals surface area contributed by atoms with Crippen LogP contribution in [-0.4, -0.2) is 11.6 Å². The second-order valence-corrected chi connectivity index (χ2v) is 4.51. The van der Waals surface area contributed by atoms with E-state index < -0.39 is 17.4 Å². The zero-order chi connectivity index (χ0) is 13.1. The number of halogens is 2. The van der Waals surface area contributed by atoms with Crippen molar-refractivity contribution in [1.82, 2.24) is 0 Å². The first kappa shape index (κ1) is 12.6. The van der Waals surface area contributed by atoms with Crippen LogP contribution in [0.5, 0.6) is 0 Å². The van der Waals surface area contributed by atoms with Crippen molar-refractivity contribution < 1.29 is 14.0 Å². The lowest BCUT2D eigenvalue weighted by atomic mass is 10.0. The predicted octanol–water partition coefficient (Wildman–Crippen LogP) is 3.65. The summed E-state index contributed by atoms with van der Waals surface area (Å²) < 4.78 is 13.2. The summed E-state index contributed by atoms with van der Waals surface area (Å²) in [6.45, 7) is 0. The maximum absolute atomic E-state index is 13.0. The van der Waals surface area contributed by atoms with Gasteiger partial charge in [0.25, 0.3) is 0 Å². The Morgan fingerprint density at radius 1 is 0.889 bits per heavy atom. The molecule has 2 rings (SSSR count). The zero-order valence-electron chi connectivity index (χ0n) is 9.19. The molecule has 0 saturated heterocycles. The van der Waals surface area contributed by atoms with E-state index in [2.05, 4.69) is 15.9 Å². The molecule has 0 saturated carbocycles. The van der Waals surface area contributed by atoms with Gasteiger partial charge < -0.3 is 0 Å². The van der Waals surface area contributed by atoms with Crippen molar-refractivity contribution in [3.8, 4) is 0 Å². The Labute approximate surface area is 112 Å². The topological polar surface area (TPSA) is 34.1 Å². The third-order valence-electron chi connectivity index (χ3n) is 2.42. The van der Waals surface area contributed by atoms with E-state index in [1.807, 2.05) is 0 Å². The average molecular weight is 307 g/mol. The molecule has 0 aliphatic rings. The van der Waals surface area contributed by atoms with Crippen LogP contribution in [0.15, 0.2) is 53.0 Å². The van der Waals surface area contributed by atoms with Crippen LogP contribution in [0.2, 0.25) is 0 Å². The lowest BCUT2D eigenvalue weighted by Gasteiger charge is -2.02. The van der Waals surface area contributed by atoms with Crippen molar-refractivity contribution in [2.24, 2.45) is 0 Å². The highest BCUT2D eigenvalue weighted by Gasteiger charge is 2.18. The molecule has 0 heterocycles. The lowest BCUT2D eigenvalue weighted by molar-refractivity contribution is 0.0817. The monoisotopic (exact) mass is 306 g/mol. The van der Waals surface area contributed by atoms with Crippen LogP contribution < -0.4 is 0 Å². The summed E-state index contributed by atoms with van der Waals surface area (Å²) in [7, 11) is 0. The number of hydrogen-bond acceptors (Lipinski definition) is 2. The van der Waals surface area contributed by atoms with Crippen molar-refractivity contribution >= 4 is 27.5 Å². The van der Waals surface area contributed by atoms with Gasteiger partial charge in [-0.1, -0.05) is 30.3 Å². The van der Waals surface area contributed by atoms with Crippen molar-refractivity contribution in [2.75, 3.05) is 0 Å². The van der Waals surface area contributed by atoms with Crippen LogP contribution in [-0.2, 0) is 0 Å². The maximum Gasteiger partial charge on any atom is 0.233 e. The number of ketones is 2. The standard InChI is InChI=1S/C14H8BrFO2/c15-11-8-10(6-7-12(11)16)14(18)13(17)9-4-2-1-3-5-9/h1-8H. The Hall–Kier alpha value is -1.81. The molecule has 2 aromatic carbocycles. The Balaban J connectivity index is 2.32. The summed E-state index contributed by atoms with van der Waals surface area (Å²) >= 11 is 2.98. The van der Waals surface area contributed by atoms with E-state index in [1.165, 1.54) is 12.1 Å². The van der Waals surface area contributed by atoms with Gasteiger partial charge in [0.1, 0.15) is 5.82 Å². The Bertz CT molecular complexity index is 608. The molecular formula is C14H8BrFO2. The molecule has 4 heteroatoms. The molecule has 0 aliphatic heterocycles. The van der Waals surface area contributed by atoms with Gasteiger partial charge in [-0.15, -0.1) is 0 Å². The van der Waals surface area contributed by atoms with Crippen LogP contribution in [0.25, 0.3) is 0 Å². The second kappa shape index (κ2) is 5.23. The number of carbonyl (C=O) groups is 2. The molecule has 0 N–H and O–H groups in total. The fourth-order valence-electron chi connectivity index (χ4n) is 1.49. The molecule has 0 spiro atoms. The number of rotatable bonds is 3. The number of benzene rings is 2. The summed E-state index contributed by atoms with van der Waals surface area (Å²) in [4.78, 5) is 23.8. The molecule has 18 heavy (non-hydrogen) atoms. The van der Waals surface area contributed by atoms with E-state index in [-0.39, 0.29) is 10.0 Å². The van der Waals surface area contributed by atoms with Gasteiger partial charge in [-0.2, -0.15) is 0 Å². The van der Waals surface area contributed by atoms with Crippen molar-refractivity contribution in [2.45, 2.75) is 0 Å². The summed E-state index contributed by atoms with van der Waals surface area (Å²) in [6, 6.07) is 12.0. The smallest absolute Gasteiger partial charge is 0.233 e. The SMILES string of the molecule is O=C(C(=O)c1ccc(F)c(Br)c1)c1ccccc1. The molecule has 0 amide bonds. The molecule has 2 nitrogen and oxygen atoms in total. The van der Waals surface area contributed by atoms with Crippen molar-refractivity contribution in [3.05, 3.63) is 69.9 Å². The molecule has 2 aromatic rings. The predicted molar refractivity (Wildman–Crippen MR) is 69.2 cm³/mol. The minimum atomic E-state index is -0.651. The van der Waals surface area contributed by atoms with Gasteiger partial charge in [-0.3, -0.25) is 9.59 Å². The summed E-state index contributed by atoms with van der Waals surface area (Å²) in [5.41, 5.74) is 0.486. The molecule has 0 unspecified atom stereocenters. The first-order valence-corrected chi connectivity index (χ1v) is 5.98. The number of hydrogen-bond donors (Lipinski definition) is 0. The van der Waals surface area contributed by atoms with E-state index in [9.17, 15) is 14.0 Å². The minimum Gasteiger partial charge on any atom is -0.285 e. The van der Waals surface area contributed by atoms with Crippen LogP contribution in [0, 0.1) is 5.82 Å². The summed E-state index contributed by atoms with van der Waals surface area (Å²) in [5.74, 6) is -1.73. The van der Waals surface area contributed by atoms with E-state index >= 15 is 0 Å². The second-order valence-electron chi connectivity index (χ2n) is 3.65. The molecular weight excluding hydrogens is 299 g/mol. The van der Waals surface area contributed by atoms with Gasteiger partial charge in [-0.05, 0) is 34.1 Å². The van der Waals surface area contributed by atoms with E-state index in [4.69, 9.17) is 0 Å². The van der Waals surface area contributed by atoms with Gasteiger partial charge in [0.2, 0.25) is 11.6 Å². The quantitative estimate of drug-likeness (QED) is 0.640. The van der Waals surface area contributed by atoms with Gasteiger partial charge in [0.15, 0.2) is 0 Å². The van der Waals surface area contributed by atoms with Crippen molar-refractivity contribution in [1.29, 1.82) is 0 Å². The number of Topliss-reactive ketones (excluding diaryl/α,β-unsaturated/α-hetero) is 2. The molecule has 0 aromatic heterocycles. The van der Waals surface area contributed by atoms with Gasteiger partial charge >= 0.3 is 0 Å². The third kappa shape index (κ3) is 2.54. The molecule has 0 aliphatic carbocycles. The third-order valence-corrected chi connectivity index (χ3v) is 3.03. The molecule has 0 radical (unpaired) electrons. The van der Waals surface area contributed by atoms with Crippen LogP contribution in [0.3, 0.4) is 0 Å². The highest BCUT2D eigenvalue weighted by Crippen LogP contribution is 2.18. The van der Waals surface area contributed by atoms with Crippen LogP contribution in [0.1, 0.15) is 20.7 Å². The van der Waals surface area contributed by atoms with Crippen LogP contribution >= 0.6 is 15.9 Å². The largest absolute Gasteiger partial charge is 0.285 e. The molecule has 0 fully saturated rings. The normalized spacial score (nSPS) is 10.1. The van der Waals surface area contributed by atoms with Crippen LogP contribution in [0.4, 0.5) is 4.39 Å². The summed E-state index contributed by atoms with van der Waals surface area (Å²) in [6.07, 6.45) is 0. The van der Waals surface area contributed by atoms with Gasteiger partial charge in [-0.25, -0.2) is 4.39 Å². The molecule has 90 valence electrons. The minimum absolute atomic E-state index is 0.161. The summed E-state index contributed by atoms with van der Waals surface area (Å²) in [5, 5.41) is 0. The first-order valence-electron chi connectivity index (χ1n) is 5.18. The maximum atomic E-state index is 13.0. The van der Waals surface area contributed by atoms with Crippen molar-refractivity contribution in [3.63, 3.8) is 0 Å². The highest BCUT2D eigenvalue weighted by atomic mass is 79.9. The Morgan fingerprint density at radius 3 is 2.11 bits per heavy atom. The Kier molecular flexibility index (Phi) is 3.67. The first-order chi connectivity index (χ1) is 8.59. The molecule has 0 bridgehead atoms. The fraction of sp³-hybridized carbons (Fsp3) is 0. The lowest BCUT2D eigenvalue weighted by Crippen LogP contribution is -2.14. The van der Waals surface area contributed by atoms with E-state index in [0.29, 0.717) is 5.56 Å². The Morgan fingerprint density at radius 2 is 1.50 bits per heavy atom. The van der Waals surface area contributed by atoms with E-state index in [1.54, 1.807) is 30.3 Å².